The van der Waals surface area contributed by atoms with Crippen molar-refractivity contribution in [2.75, 3.05) is 30.2 Å². The van der Waals surface area contributed by atoms with Crippen LogP contribution in [0.5, 0.6) is 5.75 Å². The SMILES string of the molecule is COc1ccc(NS(=O)(=O)c2ccc(C)c(C(=O)NCCNc3ncccc3C#N)c2)cc1. The highest BCUT2D eigenvalue weighted by atomic mass is 32.2. The van der Waals surface area contributed by atoms with Gasteiger partial charge in [0.1, 0.15) is 17.6 Å². The van der Waals surface area contributed by atoms with E-state index in [1.54, 1.807) is 55.6 Å². The van der Waals surface area contributed by atoms with Crippen molar-refractivity contribution in [3.05, 3.63) is 77.5 Å². The number of carbonyl (C=O) groups is 1. The van der Waals surface area contributed by atoms with E-state index >= 15 is 0 Å². The number of methoxy groups -OCH3 is 1. The van der Waals surface area contributed by atoms with Gasteiger partial charge >= 0.3 is 0 Å². The highest BCUT2D eigenvalue weighted by Gasteiger charge is 2.18. The first-order valence-corrected chi connectivity index (χ1v) is 11.5. The molecule has 0 bridgehead atoms. The molecule has 3 rings (SSSR count). The van der Waals surface area contributed by atoms with Crippen molar-refractivity contribution in [1.29, 1.82) is 5.26 Å². The van der Waals surface area contributed by atoms with Crippen LogP contribution in [0.25, 0.3) is 0 Å². The smallest absolute Gasteiger partial charge is 0.261 e. The quantitative estimate of drug-likeness (QED) is 0.414. The summed E-state index contributed by atoms with van der Waals surface area (Å²) in [6.07, 6.45) is 1.57. The number of aromatic nitrogens is 1. The van der Waals surface area contributed by atoms with Gasteiger partial charge in [0.05, 0.1) is 17.6 Å². The Morgan fingerprint density at radius 1 is 1.12 bits per heavy atom. The fraction of sp³-hybridized carbons (Fsp3) is 0.174. The van der Waals surface area contributed by atoms with E-state index in [4.69, 9.17) is 10.00 Å². The Bertz CT molecular complexity index is 1280. The standard InChI is InChI=1S/C23H23N5O4S/c1-16-5-10-20(33(30,31)28-18-6-8-19(32-2)9-7-18)14-21(16)23(29)27-13-12-26-22-17(15-24)4-3-11-25-22/h3-11,14,28H,12-13H2,1-2H3,(H,25,26)(H,27,29). The molecular formula is C23H23N5O4S. The fourth-order valence-corrected chi connectivity index (χ4v) is 4.06. The molecule has 1 aromatic heterocycles. The Kier molecular flexibility index (Phi) is 7.48. The van der Waals surface area contributed by atoms with Crippen molar-refractivity contribution >= 4 is 27.4 Å². The third-order valence-electron chi connectivity index (χ3n) is 4.74. The summed E-state index contributed by atoms with van der Waals surface area (Å²) in [6.45, 7) is 2.32. The molecule has 1 heterocycles. The van der Waals surface area contributed by atoms with Gasteiger partial charge in [0.25, 0.3) is 15.9 Å². The summed E-state index contributed by atoms with van der Waals surface area (Å²) < 4.78 is 33.2. The number of amides is 1. The molecule has 9 nitrogen and oxygen atoms in total. The van der Waals surface area contributed by atoms with Crippen LogP contribution in [0.15, 0.2) is 65.7 Å². The number of aryl methyl sites for hydroxylation is 1. The minimum atomic E-state index is -3.90. The van der Waals surface area contributed by atoms with E-state index in [0.29, 0.717) is 34.9 Å². The molecule has 0 aliphatic heterocycles. The van der Waals surface area contributed by atoms with Crippen molar-refractivity contribution < 1.29 is 17.9 Å². The first-order valence-electron chi connectivity index (χ1n) is 9.99. The van der Waals surface area contributed by atoms with Crippen LogP contribution in [0.1, 0.15) is 21.5 Å². The number of nitrogens with zero attached hydrogens (tertiary/aromatic N) is 2. The monoisotopic (exact) mass is 465 g/mol. The van der Waals surface area contributed by atoms with E-state index in [1.165, 1.54) is 19.2 Å². The van der Waals surface area contributed by atoms with Crippen molar-refractivity contribution in [3.63, 3.8) is 0 Å². The van der Waals surface area contributed by atoms with Crippen LogP contribution in [-0.4, -0.2) is 39.5 Å². The normalized spacial score (nSPS) is 10.7. The predicted molar refractivity (Wildman–Crippen MR) is 125 cm³/mol. The van der Waals surface area contributed by atoms with E-state index in [-0.39, 0.29) is 17.0 Å². The van der Waals surface area contributed by atoms with E-state index in [9.17, 15) is 13.2 Å². The first kappa shape index (κ1) is 23.6. The van der Waals surface area contributed by atoms with Gasteiger partial charge in [0.2, 0.25) is 0 Å². The van der Waals surface area contributed by atoms with Gasteiger partial charge < -0.3 is 15.4 Å². The summed E-state index contributed by atoms with van der Waals surface area (Å²) in [5, 5.41) is 14.8. The van der Waals surface area contributed by atoms with Gasteiger partial charge in [-0.1, -0.05) is 6.07 Å². The Hall–Kier alpha value is -4.10. The number of nitrogens with one attached hydrogen (secondary N) is 3. The first-order chi connectivity index (χ1) is 15.8. The van der Waals surface area contributed by atoms with Gasteiger partial charge in [0.15, 0.2) is 0 Å². The van der Waals surface area contributed by atoms with Crippen molar-refractivity contribution in [2.45, 2.75) is 11.8 Å². The molecule has 3 aromatic rings. The predicted octanol–water partition coefficient (Wildman–Crippen LogP) is 2.91. The highest BCUT2D eigenvalue weighted by molar-refractivity contribution is 7.92. The van der Waals surface area contributed by atoms with Gasteiger partial charge in [0, 0.05) is 30.5 Å². The van der Waals surface area contributed by atoms with Crippen molar-refractivity contribution in [1.82, 2.24) is 10.3 Å². The molecular weight excluding hydrogens is 442 g/mol. The van der Waals surface area contributed by atoms with E-state index in [2.05, 4.69) is 20.3 Å². The summed E-state index contributed by atoms with van der Waals surface area (Å²) in [5.41, 5.74) is 1.67. The summed E-state index contributed by atoms with van der Waals surface area (Å²) in [7, 11) is -2.37. The molecule has 170 valence electrons. The minimum absolute atomic E-state index is 0.0284. The number of rotatable bonds is 9. The number of hydrogen-bond donors (Lipinski definition) is 3. The zero-order chi connectivity index (χ0) is 23.8. The Labute approximate surface area is 192 Å². The van der Waals surface area contributed by atoms with Crippen LogP contribution in [0.2, 0.25) is 0 Å². The number of anilines is 2. The van der Waals surface area contributed by atoms with Gasteiger partial charge in [-0.25, -0.2) is 13.4 Å². The minimum Gasteiger partial charge on any atom is -0.497 e. The lowest BCUT2D eigenvalue weighted by molar-refractivity contribution is 0.0954. The van der Waals surface area contributed by atoms with Gasteiger partial charge in [-0.15, -0.1) is 0 Å². The second-order valence-electron chi connectivity index (χ2n) is 7.00. The number of pyridine rings is 1. The van der Waals surface area contributed by atoms with Crippen molar-refractivity contribution in [2.24, 2.45) is 0 Å². The molecule has 2 aromatic carbocycles. The number of hydrogen-bond acceptors (Lipinski definition) is 7. The molecule has 33 heavy (non-hydrogen) atoms. The van der Waals surface area contributed by atoms with Crippen LogP contribution in [0.4, 0.5) is 11.5 Å². The lowest BCUT2D eigenvalue weighted by Gasteiger charge is -2.12. The maximum absolute atomic E-state index is 12.8. The second kappa shape index (κ2) is 10.5. The number of carbonyl (C=O) groups excluding carboxylic acids is 1. The van der Waals surface area contributed by atoms with E-state index < -0.39 is 15.9 Å². The molecule has 0 atom stereocenters. The van der Waals surface area contributed by atoms with Gasteiger partial charge in [-0.3, -0.25) is 9.52 Å². The molecule has 0 saturated carbocycles. The summed E-state index contributed by atoms with van der Waals surface area (Å²) >= 11 is 0. The topological polar surface area (TPSA) is 133 Å². The number of ether oxygens (including phenoxy) is 1. The van der Waals surface area contributed by atoms with Gasteiger partial charge in [-0.05, 0) is 61.0 Å². The molecule has 0 aliphatic carbocycles. The Morgan fingerprint density at radius 2 is 1.88 bits per heavy atom. The largest absolute Gasteiger partial charge is 0.497 e. The van der Waals surface area contributed by atoms with E-state index in [1.807, 2.05) is 6.07 Å². The molecule has 0 aliphatic rings. The lowest BCUT2D eigenvalue weighted by atomic mass is 10.1. The summed E-state index contributed by atoms with van der Waals surface area (Å²) in [4.78, 5) is 16.7. The summed E-state index contributed by atoms with van der Waals surface area (Å²) in [6, 6.07) is 16.2. The third kappa shape index (κ3) is 5.99. The van der Waals surface area contributed by atoms with Crippen LogP contribution in [0.3, 0.4) is 0 Å². The molecule has 0 radical (unpaired) electrons. The van der Waals surface area contributed by atoms with Crippen LogP contribution >= 0.6 is 0 Å². The summed E-state index contributed by atoms with van der Waals surface area (Å²) in [5.74, 6) is 0.633. The lowest BCUT2D eigenvalue weighted by Crippen LogP contribution is -2.29. The number of nitriles is 1. The fourth-order valence-electron chi connectivity index (χ4n) is 2.97. The number of sulfonamides is 1. The third-order valence-corrected chi connectivity index (χ3v) is 6.12. The Balaban J connectivity index is 1.65. The van der Waals surface area contributed by atoms with Crippen LogP contribution in [0, 0.1) is 18.3 Å². The van der Waals surface area contributed by atoms with Crippen molar-refractivity contribution in [3.8, 4) is 11.8 Å². The molecule has 0 spiro atoms. The maximum Gasteiger partial charge on any atom is 0.261 e. The second-order valence-corrected chi connectivity index (χ2v) is 8.69. The van der Waals surface area contributed by atoms with Crippen LogP contribution < -0.4 is 20.1 Å². The Morgan fingerprint density at radius 3 is 2.58 bits per heavy atom. The van der Waals surface area contributed by atoms with Gasteiger partial charge in [-0.2, -0.15) is 5.26 Å². The molecule has 0 saturated heterocycles. The molecule has 0 unspecified atom stereocenters. The average molecular weight is 466 g/mol. The maximum atomic E-state index is 12.8. The molecule has 0 fully saturated rings. The average Bonchev–Trinajstić information content (AvgIpc) is 2.82. The highest BCUT2D eigenvalue weighted by Crippen LogP contribution is 2.21. The zero-order valence-corrected chi connectivity index (χ0v) is 18.9. The molecule has 3 N–H and O–H groups in total. The van der Waals surface area contributed by atoms with E-state index in [0.717, 1.165) is 0 Å². The molecule has 10 heteroatoms. The number of benzene rings is 2. The molecule has 1 amide bonds. The zero-order valence-electron chi connectivity index (χ0n) is 18.1. The van der Waals surface area contributed by atoms with Crippen LogP contribution in [-0.2, 0) is 10.0 Å².